The average Bonchev–Trinajstić information content (AvgIpc) is 3.98. The van der Waals surface area contributed by atoms with Gasteiger partial charge < -0.3 is 34.3 Å². The van der Waals surface area contributed by atoms with E-state index in [0.29, 0.717) is 42.6 Å². The lowest BCUT2D eigenvalue weighted by molar-refractivity contribution is -0.189. The summed E-state index contributed by atoms with van der Waals surface area (Å²) in [4.78, 5) is 80.8. The molecule has 5 heterocycles. The molecule has 17 heteroatoms. The fourth-order valence-corrected chi connectivity index (χ4v) is 10.4. The Morgan fingerprint density at radius 2 is 1.81 bits per heavy atom. The number of halogens is 1. The second-order valence-corrected chi connectivity index (χ2v) is 22.1. The fraction of sp³-hybridized carbons (Fsp3) is 0.544. The molecule has 2 fully saturated rings. The third-order valence-electron chi connectivity index (χ3n) is 15.1. The van der Waals surface area contributed by atoms with Crippen LogP contribution in [0.4, 0.5) is 4.39 Å². The third kappa shape index (κ3) is 11.7. The smallest absolute Gasteiger partial charge is 0.355 e. The van der Waals surface area contributed by atoms with Gasteiger partial charge in [-0.1, -0.05) is 51.8 Å². The second kappa shape index (κ2) is 22.3. The Morgan fingerprint density at radius 3 is 2.49 bits per heavy atom. The molecule has 2 saturated heterocycles. The number of hydrogen-bond acceptors (Lipinski definition) is 11. The number of carbonyl (C=O) groups is 5. The lowest BCUT2D eigenvalue weighted by Gasteiger charge is -2.40. The summed E-state index contributed by atoms with van der Waals surface area (Å²) in [5.74, 6) is 1.82. The minimum Gasteiger partial charge on any atom is -0.462 e. The highest BCUT2D eigenvalue weighted by Gasteiger charge is 2.46. The van der Waals surface area contributed by atoms with E-state index in [0.717, 1.165) is 44.0 Å². The van der Waals surface area contributed by atoms with Gasteiger partial charge in [0.1, 0.15) is 18.8 Å². The molecule has 5 atom stereocenters. The van der Waals surface area contributed by atoms with E-state index in [1.54, 1.807) is 51.2 Å². The molecule has 398 valence electrons. The molecule has 6 bridgehead atoms. The minimum atomic E-state index is -2.29. The molecular weight excluding hydrogens is 944 g/mol. The zero-order valence-electron chi connectivity index (χ0n) is 45.2. The molecule has 4 amide bonds. The van der Waals surface area contributed by atoms with Crippen molar-refractivity contribution < 1.29 is 42.9 Å². The summed E-state index contributed by atoms with van der Waals surface area (Å²) in [5, 5.41) is 17.0. The van der Waals surface area contributed by atoms with Gasteiger partial charge in [-0.2, -0.15) is 5.43 Å². The van der Waals surface area contributed by atoms with Gasteiger partial charge in [-0.05, 0) is 131 Å². The number of hydrogen-bond donors (Lipinski definition) is 3. The summed E-state index contributed by atoms with van der Waals surface area (Å²) >= 11 is 0. The van der Waals surface area contributed by atoms with Gasteiger partial charge in [0.2, 0.25) is 17.5 Å². The van der Waals surface area contributed by atoms with Crippen molar-refractivity contribution >= 4 is 40.5 Å². The van der Waals surface area contributed by atoms with E-state index in [1.807, 2.05) is 77.9 Å². The highest BCUT2D eigenvalue weighted by Crippen LogP contribution is 2.42. The maximum Gasteiger partial charge on any atom is 0.355 e. The molecule has 0 saturated carbocycles. The Balaban J connectivity index is 1.28. The zero-order chi connectivity index (χ0) is 54.0. The lowest BCUT2D eigenvalue weighted by Crippen LogP contribution is -2.67. The van der Waals surface area contributed by atoms with Crippen LogP contribution in [0.15, 0.2) is 54.7 Å². The molecule has 74 heavy (non-hydrogen) atoms. The van der Waals surface area contributed by atoms with Crippen molar-refractivity contribution in [3.8, 4) is 34.2 Å². The first-order valence-electron chi connectivity index (χ1n) is 25.8. The highest BCUT2D eigenvalue weighted by molar-refractivity contribution is 5.97. The molecule has 0 aliphatic carbocycles. The van der Waals surface area contributed by atoms with E-state index in [2.05, 4.69) is 46.2 Å². The molecule has 16 nitrogen and oxygen atoms in total. The van der Waals surface area contributed by atoms with Gasteiger partial charge in [0.15, 0.2) is 0 Å². The molecule has 4 aromatic rings. The van der Waals surface area contributed by atoms with Crippen LogP contribution in [0.25, 0.3) is 33.3 Å². The quantitative estimate of drug-likeness (QED) is 0.115. The predicted molar refractivity (Wildman–Crippen MR) is 281 cm³/mol. The maximum atomic E-state index is 15.0. The number of methoxy groups -OCH3 is 1. The topological polar surface area (TPSA) is 179 Å². The summed E-state index contributed by atoms with van der Waals surface area (Å²) in [5.41, 5.74) is 6.17. The molecular formula is C57H75FN8O8. The maximum absolute atomic E-state index is 15.0. The molecule has 3 aliphatic heterocycles. The summed E-state index contributed by atoms with van der Waals surface area (Å²) in [7, 11) is 6.96. The van der Waals surface area contributed by atoms with Crippen molar-refractivity contribution in [3.05, 3.63) is 77.1 Å². The summed E-state index contributed by atoms with van der Waals surface area (Å²) in [6.07, 6.45) is 2.29. The number of likely N-dealkylation sites (N-methyl/N-ethyl adjacent to an activating group) is 1. The van der Waals surface area contributed by atoms with Crippen LogP contribution in [0, 0.1) is 29.1 Å². The number of aliphatic hydroxyl groups is 1. The predicted octanol–water partition coefficient (Wildman–Crippen LogP) is 6.21. The van der Waals surface area contributed by atoms with Crippen LogP contribution >= 0.6 is 0 Å². The van der Waals surface area contributed by atoms with E-state index >= 15 is 4.39 Å². The van der Waals surface area contributed by atoms with Crippen molar-refractivity contribution in [3.63, 3.8) is 0 Å². The number of amides is 4. The van der Waals surface area contributed by atoms with E-state index in [9.17, 15) is 29.1 Å². The fourth-order valence-electron chi connectivity index (χ4n) is 10.4. The first kappa shape index (κ1) is 55.6. The number of esters is 1. The normalized spacial score (nSPS) is 21.2. The van der Waals surface area contributed by atoms with E-state index < -0.39 is 65.1 Å². The van der Waals surface area contributed by atoms with Crippen LogP contribution in [0.5, 0.6) is 0 Å². The van der Waals surface area contributed by atoms with Gasteiger partial charge in [0.05, 0.1) is 35.6 Å². The van der Waals surface area contributed by atoms with Crippen LogP contribution < -0.4 is 10.7 Å². The van der Waals surface area contributed by atoms with Gasteiger partial charge in [-0.15, -0.1) is 0 Å². The van der Waals surface area contributed by atoms with E-state index in [1.165, 1.54) is 4.90 Å². The molecule has 7 rings (SSSR count). The largest absolute Gasteiger partial charge is 0.462 e. The number of fused-ring (bicyclic) bond motifs is 6. The minimum absolute atomic E-state index is 0.0550. The lowest BCUT2D eigenvalue weighted by atomic mass is 9.84. The van der Waals surface area contributed by atoms with Crippen molar-refractivity contribution in [1.82, 2.24) is 40.0 Å². The Labute approximate surface area is 435 Å². The van der Waals surface area contributed by atoms with Gasteiger partial charge in [-0.25, -0.2) is 9.18 Å². The van der Waals surface area contributed by atoms with Crippen LogP contribution in [-0.4, -0.2) is 142 Å². The average molecular weight is 1020 g/mol. The third-order valence-corrected chi connectivity index (χ3v) is 15.1. The standard InChI is InChI=1S/C57H75FN8O8/c1-13-65-46-18-17-39-30-43(46)44(50(65)42-16-14-23-59-48(42)36(4)73-12)31-55(5,6)34-74-54(71)57(72)21-15-24-66(61-57)53(70)45(29-37-26-38(32-58)28-41(39)27-37)60-51(68)49(35(2)3)63(11)52(69)40-20-25-64(33-40)47(67)19-22-56(7,8)62(9)10/h14,16-18,23,26-28,30,35-36,40,45,49,61,72H,13,15,20-21,24-25,29,31-34H2,1-12H3,(H,60,68)/t36-,40-,45-,49-,57-/m0/s1. The number of benzene rings is 2. The summed E-state index contributed by atoms with van der Waals surface area (Å²) in [6.45, 7) is 15.7. The molecule has 2 aromatic carbocycles. The number of carbonyl (C=O) groups excluding carboxylic acids is 5. The number of ether oxygens (including phenoxy) is 2. The van der Waals surface area contributed by atoms with Crippen molar-refractivity contribution in [1.29, 1.82) is 0 Å². The second-order valence-electron chi connectivity index (χ2n) is 22.1. The highest BCUT2D eigenvalue weighted by atomic mass is 19.1. The van der Waals surface area contributed by atoms with E-state index in [4.69, 9.17) is 14.5 Å². The number of likely N-dealkylation sites (tertiary alicyclic amines) is 1. The van der Waals surface area contributed by atoms with E-state index in [-0.39, 0.29) is 56.9 Å². The number of cyclic esters (lactones) is 1. The number of pyridine rings is 1. The van der Waals surface area contributed by atoms with Gasteiger partial charge in [-0.3, -0.25) is 34.1 Å². The Bertz CT molecular complexity index is 2850. The van der Waals surface area contributed by atoms with Gasteiger partial charge >= 0.3 is 5.97 Å². The Morgan fingerprint density at radius 1 is 1.07 bits per heavy atom. The Hall–Kier alpha value is -6.19. The summed E-state index contributed by atoms with van der Waals surface area (Å²) < 4.78 is 29.1. The van der Waals surface area contributed by atoms with Crippen LogP contribution in [-0.2, 0) is 59.5 Å². The number of nitrogens with one attached hydrogen (secondary N) is 2. The molecule has 3 aliphatic rings. The van der Waals surface area contributed by atoms with Crippen molar-refractivity contribution in [2.75, 3.05) is 54.5 Å². The number of rotatable bonds is 11. The Kier molecular flexibility index (Phi) is 16.8. The number of hydrazine groups is 1. The first-order chi connectivity index (χ1) is 34.9. The first-order valence-corrected chi connectivity index (χ1v) is 25.8. The van der Waals surface area contributed by atoms with Crippen molar-refractivity contribution in [2.45, 2.75) is 130 Å². The van der Waals surface area contributed by atoms with Gasteiger partial charge in [0.25, 0.3) is 11.8 Å². The molecule has 0 spiro atoms. The molecule has 0 unspecified atom stereocenters. The van der Waals surface area contributed by atoms with Crippen LogP contribution in [0.1, 0.15) is 103 Å². The number of alkyl halides is 1. The zero-order valence-corrected chi connectivity index (χ0v) is 45.2. The van der Waals surface area contributed by atoms with Crippen LogP contribution in [0.2, 0.25) is 0 Å². The van der Waals surface area contributed by atoms with Crippen molar-refractivity contribution in [2.24, 2.45) is 17.3 Å². The monoisotopic (exact) mass is 1020 g/mol. The number of aryl methyl sites for hydroxylation is 1. The summed E-state index contributed by atoms with van der Waals surface area (Å²) in [6, 6.07) is 13.1. The SMILES string of the molecule is CCn1c(-c2cccnc2[C@H](C)OC)c2c3cc(ccc31)-c1cc(CF)cc(c1)C[C@H](NC(=O)[C@H](C(C)C)N(C)C(=O)[C@H]1CCN(C(=O)C#CC(C)(C)N(C)C)C1)C(=O)N1CCC[C@@](O)(N1)C(=O)OCC(C)(C)C2. The van der Waals surface area contributed by atoms with Gasteiger partial charge in [0, 0.05) is 81.3 Å². The number of aromatic nitrogens is 2. The molecule has 2 aromatic heterocycles. The molecule has 3 N–H and O–H groups in total. The molecule has 0 radical (unpaired) electrons. The van der Waals surface area contributed by atoms with Crippen LogP contribution in [0.3, 0.4) is 0 Å². The number of nitrogens with zero attached hydrogens (tertiary/aromatic N) is 6.